The van der Waals surface area contributed by atoms with Crippen LogP contribution in [-0.2, 0) is 33.2 Å². The van der Waals surface area contributed by atoms with Crippen LogP contribution in [0.15, 0.2) is 0 Å². The maximum Gasteiger partial charge on any atom is 0.303 e. The summed E-state index contributed by atoms with van der Waals surface area (Å²) >= 11 is 0. The monoisotopic (exact) mass is 796 g/mol. The Kier molecular flexibility index (Phi) is 10.1. The molecule has 3 heterocycles. The van der Waals surface area contributed by atoms with Crippen molar-refractivity contribution in [2.24, 2.45) is 44.8 Å². The number of esters is 1. The Morgan fingerprint density at radius 1 is 0.732 bits per heavy atom. The lowest BCUT2D eigenvalue weighted by atomic mass is 9.41. The highest BCUT2D eigenvalue weighted by molar-refractivity contribution is 5.66. The maximum atomic E-state index is 12.2. The van der Waals surface area contributed by atoms with Crippen molar-refractivity contribution in [2.75, 3.05) is 13.2 Å². The first-order valence-electron chi connectivity index (χ1n) is 21.2. The standard InChI is InChI=1S/C42H68O14/c1-20(43)53-31-29(48)23(46)18-52-35(31)55-26-10-12-42-19-41(42)14-13-38(6)32(40(8)11-9-27(56-40)37(4,5)50)21(44)16-39(38,7)25(41)15-24(33(42)36(26,2)3)54-34-30(49)28(47)22(45)17-51-34/h21-35,44-50H,9-19H2,1-8H3/t21-,22+,23+,24-,25-,26-,27+,28-,29-,30+,31+,32-,33-,34-,35-,38+,39-,40+,41-,42+/m0/s1. The molecule has 0 aromatic carbocycles. The van der Waals surface area contributed by atoms with Crippen molar-refractivity contribution in [3.63, 3.8) is 0 Å². The van der Waals surface area contributed by atoms with Crippen LogP contribution < -0.4 is 0 Å². The van der Waals surface area contributed by atoms with E-state index >= 15 is 0 Å². The van der Waals surface area contributed by atoms with E-state index in [9.17, 15) is 40.5 Å². The number of aliphatic hydroxyl groups excluding tert-OH is 6. The minimum atomic E-state index is -1.47. The van der Waals surface area contributed by atoms with Crippen LogP contribution in [0.3, 0.4) is 0 Å². The van der Waals surface area contributed by atoms with Gasteiger partial charge in [-0.15, -0.1) is 0 Å². The molecule has 320 valence electrons. The molecule has 5 aliphatic carbocycles. The Labute approximate surface area is 330 Å². The van der Waals surface area contributed by atoms with Crippen LogP contribution in [0.1, 0.15) is 113 Å². The fourth-order valence-corrected chi connectivity index (χ4v) is 14.9. The summed E-state index contributed by atoms with van der Waals surface area (Å²) in [6.07, 6.45) is -5.11. The van der Waals surface area contributed by atoms with Crippen molar-refractivity contribution in [1.82, 2.24) is 0 Å². The third-order valence-electron chi connectivity index (χ3n) is 17.5. The van der Waals surface area contributed by atoms with Crippen molar-refractivity contribution < 1.29 is 69.0 Å². The molecule has 2 spiro atoms. The van der Waals surface area contributed by atoms with E-state index in [-0.39, 0.29) is 58.7 Å². The Morgan fingerprint density at radius 3 is 2.04 bits per heavy atom. The van der Waals surface area contributed by atoms with Crippen LogP contribution in [0, 0.1) is 44.8 Å². The first kappa shape index (κ1) is 41.7. The number of hydrogen-bond acceptors (Lipinski definition) is 14. The molecule has 56 heavy (non-hydrogen) atoms. The maximum absolute atomic E-state index is 12.2. The third-order valence-corrected chi connectivity index (χ3v) is 17.5. The zero-order valence-electron chi connectivity index (χ0n) is 34.4. The summed E-state index contributed by atoms with van der Waals surface area (Å²) in [5.41, 5.74) is -3.02. The van der Waals surface area contributed by atoms with E-state index < -0.39 is 90.1 Å². The van der Waals surface area contributed by atoms with Crippen molar-refractivity contribution in [2.45, 2.75) is 198 Å². The Bertz CT molecular complexity index is 1520. The number of fused-ring (bicyclic) bond motifs is 2. The first-order chi connectivity index (χ1) is 26.0. The summed E-state index contributed by atoms with van der Waals surface area (Å²) in [5.74, 6) is -0.753. The molecule has 3 saturated heterocycles. The molecule has 8 rings (SSSR count). The number of aliphatic hydroxyl groups is 7. The molecule has 0 aromatic rings. The van der Waals surface area contributed by atoms with Gasteiger partial charge in [0.1, 0.15) is 30.5 Å². The van der Waals surface area contributed by atoms with Gasteiger partial charge in [-0.05, 0) is 117 Å². The minimum absolute atomic E-state index is 0.0423. The molecule has 3 aliphatic heterocycles. The summed E-state index contributed by atoms with van der Waals surface area (Å²) in [6, 6.07) is 0. The Hall–Kier alpha value is -1.01. The van der Waals surface area contributed by atoms with Gasteiger partial charge in [-0.3, -0.25) is 4.79 Å². The molecule has 8 fully saturated rings. The zero-order valence-corrected chi connectivity index (χ0v) is 34.4. The second-order valence-corrected chi connectivity index (χ2v) is 21.2. The zero-order chi connectivity index (χ0) is 40.8. The predicted molar refractivity (Wildman–Crippen MR) is 197 cm³/mol. The van der Waals surface area contributed by atoms with E-state index in [2.05, 4.69) is 34.6 Å². The van der Waals surface area contributed by atoms with Crippen molar-refractivity contribution in [1.29, 1.82) is 0 Å². The smallest absolute Gasteiger partial charge is 0.303 e. The number of rotatable bonds is 7. The van der Waals surface area contributed by atoms with Gasteiger partial charge in [0, 0.05) is 12.8 Å². The molecular weight excluding hydrogens is 728 g/mol. The summed E-state index contributed by atoms with van der Waals surface area (Å²) < 4.78 is 37.6. The van der Waals surface area contributed by atoms with Gasteiger partial charge in [-0.25, -0.2) is 0 Å². The van der Waals surface area contributed by atoms with Crippen LogP contribution in [0.2, 0.25) is 0 Å². The fourth-order valence-electron chi connectivity index (χ4n) is 14.9. The molecule has 14 nitrogen and oxygen atoms in total. The van der Waals surface area contributed by atoms with Crippen LogP contribution in [-0.4, -0.2) is 140 Å². The van der Waals surface area contributed by atoms with Crippen LogP contribution in [0.25, 0.3) is 0 Å². The SMILES string of the molecule is CC(=O)O[C@H]1[C@H](O[C@H]2CC[C@]34C[C@]35CC[C@]3(C)[C@@H]([C@@]6(C)CC[C@H](C(C)(C)O)O6)[C@@H](O)C[C@@]3(C)[C@@H]5C[C@H](O[C@@H]3OC[C@@H](O)[C@H](O)[C@H]3O)[C@H]4C2(C)C)OC[C@@H](O)[C@@H]1O. The lowest BCUT2D eigenvalue weighted by Crippen LogP contribution is -2.65. The normalized spacial score (nSPS) is 56.4. The van der Waals surface area contributed by atoms with Gasteiger partial charge in [0.15, 0.2) is 18.7 Å². The van der Waals surface area contributed by atoms with E-state index in [1.807, 2.05) is 0 Å². The highest BCUT2D eigenvalue weighted by Gasteiger charge is 2.85. The molecular formula is C42H68O14. The number of carbonyl (C=O) groups excluding carboxylic acids is 1. The molecule has 0 aromatic heterocycles. The number of hydrogen-bond donors (Lipinski definition) is 7. The van der Waals surface area contributed by atoms with E-state index in [1.54, 1.807) is 13.8 Å². The number of carbonyl (C=O) groups is 1. The quantitative estimate of drug-likeness (QED) is 0.145. The molecule has 5 saturated carbocycles. The molecule has 14 heteroatoms. The van der Waals surface area contributed by atoms with Gasteiger partial charge >= 0.3 is 5.97 Å². The van der Waals surface area contributed by atoms with Crippen LogP contribution >= 0.6 is 0 Å². The second kappa shape index (κ2) is 13.5. The van der Waals surface area contributed by atoms with Crippen molar-refractivity contribution >= 4 is 5.97 Å². The highest BCUT2D eigenvalue weighted by Crippen LogP contribution is 2.89. The van der Waals surface area contributed by atoms with Crippen molar-refractivity contribution in [3.05, 3.63) is 0 Å². The van der Waals surface area contributed by atoms with Crippen LogP contribution in [0.5, 0.6) is 0 Å². The average molecular weight is 797 g/mol. The lowest BCUT2D eigenvalue weighted by molar-refractivity contribution is -0.326. The predicted octanol–water partition coefficient (Wildman–Crippen LogP) is 1.93. The molecule has 0 amide bonds. The molecule has 0 radical (unpaired) electrons. The highest BCUT2D eigenvalue weighted by atomic mass is 16.7. The molecule has 8 aliphatic rings. The second-order valence-electron chi connectivity index (χ2n) is 21.2. The van der Waals surface area contributed by atoms with E-state index in [0.29, 0.717) is 19.3 Å². The molecule has 7 N–H and O–H groups in total. The molecule has 20 atom stereocenters. The summed E-state index contributed by atoms with van der Waals surface area (Å²) in [5, 5.41) is 76.5. The lowest BCUT2D eigenvalue weighted by Gasteiger charge is -2.65. The van der Waals surface area contributed by atoms with Gasteiger partial charge in [-0.1, -0.05) is 27.7 Å². The third kappa shape index (κ3) is 5.89. The first-order valence-corrected chi connectivity index (χ1v) is 21.2. The van der Waals surface area contributed by atoms with Gasteiger partial charge in [0.25, 0.3) is 0 Å². The summed E-state index contributed by atoms with van der Waals surface area (Å²) in [4.78, 5) is 12.1. The largest absolute Gasteiger partial charge is 0.454 e. The van der Waals surface area contributed by atoms with Crippen molar-refractivity contribution in [3.8, 4) is 0 Å². The van der Waals surface area contributed by atoms with Crippen LogP contribution in [0.4, 0.5) is 0 Å². The average Bonchev–Trinajstić information content (AvgIpc) is 3.46. The van der Waals surface area contributed by atoms with Gasteiger partial charge < -0.3 is 64.2 Å². The van der Waals surface area contributed by atoms with Gasteiger partial charge in [0.2, 0.25) is 0 Å². The topological polar surface area (TPSA) is 214 Å². The van der Waals surface area contributed by atoms with E-state index in [1.165, 1.54) is 6.92 Å². The summed E-state index contributed by atoms with van der Waals surface area (Å²) in [7, 11) is 0. The Balaban J connectivity index is 1.14. The Morgan fingerprint density at radius 2 is 1.39 bits per heavy atom. The van der Waals surface area contributed by atoms with E-state index in [4.69, 9.17) is 28.4 Å². The number of ether oxygens (including phenoxy) is 6. The molecule has 0 bridgehead atoms. The van der Waals surface area contributed by atoms with Gasteiger partial charge in [0.05, 0.1) is 48.8 Å². The van der Waals surface area contributed by atoms with E-state index in [0.717, 1.165) is 38.5 Å². The van der Waals surface area contributed by atoms with Gasteiger partial charge in [-0.2, -0.15) is 0 Å². The molecule has 0 unspecified atom stereocenters. The summed E-state index contributed by atoms with van der Waals surface area (Å²) in [6.45, 7) is 15.6. The minimum Gasteiger partial charge on any atom is -0.454 e. The fraction of sp³-hybridized carbons (Fsp3) is 0.976.